The number of nitrogens with one attached hydrogen (secondary N) is 2. The third kappa shape index (κ3) is 3.90. The number of carbonyl (C=O) groups excluding carboxylic acids is 1. The van der Waals surface area contributed by atoms with Gasteiger partial charge in [-0.3, -0.25) is 0 Å². The van der Waals surface area contributed by atoms with Crippen molar-refractivity contribution in [3.63, 3.8) is 0 Å². The van der Waals surface area contributed by atoms with E-state index in [1.165, 1.54) is 0 Å². The Morgan fingerprint density at radius 1 is 1.24 bits per heavy atom. The predicted octanol–water partition coefficient (Wildman–Crippen LogP) is 3.49. The fourth-order valence-electron chi connectivity index (χ4n) is 1.77. The average Bonchev–Trinajstić information content (AvgIpc) is 2.42. The first-order valence-corrected chi connectivity index (χ1v) is 7.02. The number of halogens is 3. The SMILES string of the molecule is CCC(CC)(NC(=O)Nc1cc(Br)c(F)cc1F)C(=O)O. The van der Waals surface area contributed by atoms with Crippen molar-refractivity contribution in [1.82, 2.24) is 5.32 Å². The molecule has 0 aliphatic carbocycles. The number of hydrogen-bond donors (Lipinski definition) is 3. The number of rotatable bonds is 5. The van der Waals surface area contributed by atoms with Gasteiger partial charge in [0.2, 0.25) is 0 Å². The van der Waals surface area contributed by atoms with Gasteiger partial charge in [-0.1, -0.05) is 13.8 Å². The molecule has 0 unspecified atom stereocenters. The summed E-state index contributed by atoms with van der Waals surface area (Å²) in [6.07, 6.45) is 0.337. The Morgan fingerprint density at radius 2 is 1.81 bits per heavy atom. The highest BCUT2D eigenvalue weighted by Crippen LogP contribution is 2.24. The number of aliphatic carboxylic acids is 1. The number of carboxylic acids is 1. The van der Waals surface area contributed by atoms with E-state index in [4.69, 9.17) is 0 Å². The summed E-state index contributed by atoms with van der Waals surface area (Å²) in [7, 11) is 0. The Kier molecular flexibility index (Phi) is 5.65. The van der Waals surface area contributed by atoms with Crippen LogP contribution in [0.2, 0.25) is 0 Å². The van der Waals surface area contributed by atoms with Crippen LogP contribution in [0.25, 0.3) is 0 Å². The summed E-state index contributed by atoms with van der Waals surface area (Å²) in [5.41, 5.74) is -1.69. The lowest BCUT2D eigenvalue weighted by molar-refractivity contribution is -0.144. The quantitative estimate of drug-likeness (QED) is 0.699. The number of benzene rings is 1. The summed E-state index contributed by atoms with van der Waals surface area (Å²) in [6, 6.07) is 0.799. The third-order valence-corrected chi connectivity index (χ3v) is 3.84. The van der Waals surface area contributed by atoms with Crippen molar-refractivity contribution in [2.75, 3.05) is 5.32 Å². The van der Waals surface area contributed by atoms with Crippen molar-refractivity contribution in [2.24, 2.45) is 0 Å². The number of hydrogen-bond acceptors (Lipinski definition) is 2. The van der Waals surface area contributed by atoms with Gasteiger partial charge in [0, 0.05) is 6.07 Å². The van der Waals surface area contributed by atoms with Gasteiger partial charge in [-0.15, -0.1) is 0 Å². The Morgan fingerprint density at radius 3 is 2.29 bits per heavy atom. The first-order chi connectivity index (χ1) is 9.75. The van der Waals surface area contributed by atoms with E-state index in [9.17, 15) is 23.5 Å². The Balaban J connectivity index is 2.92. The molecule has 116 valence electrons. The summed E-state index contributed by atoms with van der Waals surface area (Å²) in [5.74, 6) is -2.94. The number of anilines is 1. The average molecular weight is 365 g/mol. The van der Waals surface area contributed by atoms with Crippen LogP contribution in [-0.4, -0.2) is 22.6 Å². The molecule has 8 heteroatoms. The topological polar surface area (TPSA) is 78.4 Å². The molecule has 1 rings (SSSR count). The van der Waals surface area contributed by atoms with Crippen molar-refractivity contribution in [3.05, 3.63) is 28.2 Å². The van der Waals surface area contributed by atoms with Crippen molar-refractivity contribution >= 4 is 33.6 Å². The zero-order valence-electron chi connectivity index (χ0n) is 11.5. The van der Waals surface area contributed by atoms with Crippen LogP contribution >= 0.6 is 15.9 Å². The minimum absolute atomic E-state index is 0.0188. The van der Waals surface area contributed by atoms with Crippen LogP contribution in [0.4, 0.5) is 19.3 Å². The van der Waals surface area contributed by atoms with Gasteiger partial charge in [0.05, 0.1) is 10.2 Å². The standard InChI is InChI=1S/C13H15BrF2N2O3/c1-3-13(4-2,11(19)20)18-12(21)17-10-5-7(14)8(15)6-9(10)16/h5-6H,3-4H2,1-2H3,(H,19,20)(H2,17,18,21). The lowest BCUT2D eigenvalue weighted by Gasteiger charge is -2.28. The van der Waals surface area contributed by atoms with Crippen LogP contribution in [0.3, 0.4) is 0 Å². The molecule has 0 saturated heterocycles. The normalized spacial score (nSPS) is 11.1. The van der Waals surface area contributed by atoms with Crippen LogP contribution in [-0.2, 0) is 4.79 Å². The Labute approximate surface area is 128 Å². The molecular formula is C13H15BrF2N2O3. The molecule has 5 nitrogen and oxygen atoms in total. The molecule has 0 aliphatic rings. The van der Waals surface area contributed by atoms with E-state index >= 15 is 0 Å². The van der Waals surface area contributed by atoms with Gasteiger partial charge >= 0.3 is 12.0 Å². The van der Waals surface area contributed by atoms with E-state index in [-0.39, 0.29) is 23.0 Å². The molecule has 0 atom stereocenters. The summed E-state index contributed by atoms with van der Waals surface area (Å²) in [4.78, 5) is 23.1. The lowest BCUT2D eigenvalue weighted by atomic mass is 9.93. The minimum Gasteiger partial charge on any atom is -0.480 e. The molecule has 3 N–H and O–H groups in total. The summed E-state index contributed by atoms with van der Waals surface area (Å²) < 4.78 is 26.6. The number of urea groups is 1. The lowest BCUT2D eigenvalue weighted by Crippen LogP contribution is -2.55. The van der Waals surface area contributed by atoms with Gasteiger partial charge in [-0.2, -0.15) is 0 Å². The molecule has 0 aliphatic heterocycles. The Bertz CT molecular complexity index is 563. The highest BCUT2D eigenvalue weighted by atomic mass is 79.9. The zero-order chi connectivity index (χ0) is 16.2. The molecule has 0 spiro atoms. The molecule has 1 aromatic carbocycles. The monoisotopic (exact) mass is 364 g/mol. The number of carbonyl (C=O) groups is 2. The maximum Gasteiger partial charge on any atom is 0.329 e. The van der Waals surface area contributed by atoms with Crippen molar-refractivity contribution in [3.8, 4) is 0 Å². The zero-order valence-corrected chi connectivity index (χ0v) is 13.1. The highest BCUT2D eigenvalue weighted by Gasteiger charge is 2.36. The molecular weight excluding hydrogens is 350 g/mol. The summed E-state index contributed by atoms with van der Waals surface area (Å²) in [5, 5.41) is 13.7. The first-order valence-electron chi connectivity index (χ1n) is 6.22. The predicted molar refractivity (Wildman–Crippen MR) is 77.2 cm³/mol. The number of carboxylic acid groups (broad SMARTS) is 1. The molecule has 0 fully saturated rings. The summed E-state index contributed by atoms with van der Waals surface area (Å²) in [6.45, 7) is 3.24. The van der Waals surface area contributed by atoms with Crippen LogP contribution in [0, 0.1) is 11.6 Å². The van der Waals surface area contributed by atoms with Gasteiger partial charge in [-0.25, -0.2) is 18.4 Å². The van der Waals surface area contributed by atoms with Gasteiger partial charge in [0.25, 0.3) is 0 Å². The van der Waals surface area contributed by atoms with Gasteiger partial charge in [-0.05, 0) is 34.8 Å². The largest absolute Gasteiger partial charge is 0.480 e. The molecule has 1 aromatic rings. The van der Waals surface area contributed by atoms with Crippen LogP contribution in [0.15, 0.2) is 16.6 Å². The molecule has 0 heterocycles. The summed E-state index contributed by atoms with van der Waals surface area (Å²) >= 11 is 2.87. The Hall–Kier alpha value is -1.70. The van der Waals surface area contributed by atoms with Crippen molar-refractivity contribution < 1.29 is 23.5 Å². The molecule has 0 radical (unpaired) electrons. The van der Waals surface area contributed by atoms with E-state index in [0.29, 0.717) is 6.07 Å². The van der Waals surface area contributed by atoms with E-state index in [0.717, 1.165) is 6.07 Å². The second-order valence-electron chi connectivity index (χ2n) is 4.42. The van der Waals surface area contributed by atoms with E-state index < -0.39 is 29.2 Å². The molecule has 2 amide bonds. The van der Waals surface area contributed by atoms with Crippen molar-refractivity contribution in [1.29, 1.82) is 0 Å². The second-order valence-corrected chi connectivity index (χ2v) is 5.27. The molecule has 0 aromatic heterocycles. The van der Waals surface area contributed by atoms with Crippen LogP contribution in [0.1, 0.15) is 26.7 Å². The number of amides is 2. The van der Waals surface area contributed by atoms with Crippen molar-refractivity contribution in [2.45, 2.75) is 32.2 Å². The molecule has 21 heavy (non-hydrogen) atoms. The molecule has 0 bridgehead atoms. The third-order valence-electron chi connectivity index (χ3n) is 3.23. The fraction of sp³-hybridized carbons (Fsp3) is 0.385. The van der Waals surface area contributed by atoms with Crippen LogP contribution < -0.4 is 10.6 Å². The van der Waals surface area contributed by atoms with E-state index in [1.54, 1.807) is 13.8 Å². The maximum atomic E-state index is 13.5. The smallest absolute Gasteiger partial charge is 0.329 e. The van der Waals surface area contributed by atoms with E-state index in [1.807, 2.05) is 0 Å². The maximum absolute atomic E-state index is 13.5. The fourth-order valence-corrected chi connectivity index (χ4v) is 2.12. The van der Waals surface area contributed by atoms with Gasteiger partial charge in [0.1, 0.15) is 17.2 Å². The minimum atomic E-state index is -1.43. The highest BCUT2D eigenvalue weighted by molar-refractivity contribution is 9.10. The van der Waals surface area contributed by atoms with E-state index in [2.05, 4.69) is 26.6 Å². The first kappa shape index (κ1) is 17.4. The van der Waals surface area contributed by atoms with Crippen LogP contribution in [0.5, 0.6) is 0 Å². The van der Waals surface area contributed by atoms with Gasteiger partial charge in [0.15, 0.2) is 0 Å². The molecule has 0 saturated carbocycles. The second kappa shape index (κ2) is 6.84. The van der Waals surface area contributed by atoms with Gasteiger partial charge < -0.3 is 15.7 Å².